The number of rotatable bonds is 7. The molecule has 0 saturated heterocycles. The summed E-state index contributed by atoms with van der Waals surface area (Å²) >= 11 is 0. The predicted octanol–water partition coefficient (Wildman–Crippen LogP) is 3.13. The minimum Gasteiger partial charge on any atom is -0.497 e. The predicted molar refractivity (Wildman–Crippen MR) is 99.7 cm³/mol. The highest BCUT2D eigenvalue weighted by Crippen LogP contribution is 2.25. The summed E-state index contributed by atoms with van der Waals surface area (Å²) in [4.78, 5) is 12.4. The van der Waals surface area contributed by atoms with Crippen LogP contribution in [-0.2, 0) is 17.8 Å². The maximum atomic E-state index is 12.4. The van der Waals surface area contributed by atoms with Gasteiger partial charge in [-0.2, -0.15) is 5.10 Å². The van der Waals surface area contributed by atoms with Crippen molar-refractivity contribution in [3.8, 4) is 11.5 Å². The number of hydrogen-bond donors (Lipinski definition) is 1. The van der Waals surface area contributed by atoms with E-state index in [1.807, 2.05) is 53.3 Å². The second kappa shape index (κ2) is 8.20. The number of hydrogen-bond acceptors (Lipinski definition) is 4. The number of ether oxygens (including phenoxy) is 2. The van der Waals surface area contributed by atoms with Crippen LogP contribution in [0.25, 0.3) is 0 Å². The first-order valence-electron chi connectivity index (χ1n) is 8.25. The van der Waals surface area contributed by atoms with E-state index in [2.05, 4.69) is 10.4 Å². The van der Waals surface area contributed by atoms with Crippen molar-refractivity contribution in [1.82, 2.24) is 9.78 Å². The van der Waals surface area contributed by atoms with E-state index < -0.39 is 0 Å². The number of methoxy groups -OCH3 is 2. The Morgan fingerprint density at radius 3 is 2.73 bits per heavy atom. The molecule has 0 aliphatic rings. The molecule has 134 valence electrons. The maximum absolute atomic E-state index is 12.4. The lowest BCUT2D eigenvalue weighted by molar-refractivity contribution is -0.115. The van der Waals surface area contributed by atoms with E-state index in [0.29, 0.717) is 18.0 Å². The molecule has 0 unspecified atom stereocenters. The van der Waals surface area contributed by atoms with Crippen molar-refractivity contribution in [1.29, 1.82) is 0 Å². The normalized spacial score (nSPS) is 10.4. The second-order valence-corrected chi connectivity index (χ2v) is 5.81. The van der Waals surface area contributed by atoms with E-state index in [1.54, 1.807) is 26.5 Å². The summed E-state index contributed by atoms with van der Waals surface area (Å²) in [5.41, 5.74) is 2.62. The van der Waals surface area contributed by atoms with Gasteiger partial charge in [0.05, 0.1) is 27.2 Å². The molecule has 0 spiro atoms. The zero-order chi connectivity index (χ0) is 18.4. The van der Waals surface area contributed by atoms with Crippen molar-refractivity contribution in [3.63, 3.8) is 0 Å². The average molecular weight is 351 g/mol. The van der Waals surface area contributed by atoms with Crippen molar-refractivity contribution in [2.75, 3.05) is 19.5 Å². The fraction of sp³-hybridized carbons (Fsp3) is 0.200. The summed E-state index contributed by atoms with van der Waals surface area (Å²) in [6.45, 7) is 0.656. The van der Waals surface area contributed by atoms with Crippen molar-refractivity contribution in [2.45, 2.75) is 13.0 Å². The molecule has 1 amide bonds. The Kier molecular flexibility index (Phi) is 5.53. The monoisotopic (exact) mass is 351 g/mol. The van der Waals surface area contributed by atoms with Gasteiger partial charge in [0.25, 0.3) is 0 Å². The molecular formula is C20H21N3O3. The molecule has 0 aliphatic carbocycles. The third-order valence-corrected chi connectivity index (χ3v) is 3.96. The van der Waals surface area contributed by atoms with Crippen LogP contribution >= 0.6 is 0 Å². The highest BCUT2D eigenvalue weighted by molar-refractivity contribution is 5.92. The average Bonchev–Trinajstić information content (AvgIpc) is 3.15. The van der Waals surface area contributed by atoms with E-state index in [1.165, 1.54) is 0 Å². The topological polar surface area (TPSA) is 65.4 Å². The van der Waals surface area contributed by atoms with Crippen LogP contribution < -0.4 is 14.8 Å². The first-order valence-corrected chi connectivity index (χ1v) is 8.25. The zero-order valence-electron chi connectivity index (χ0n) is 14.8. The van der Waals surface area contributed by atoms with E-state index in [4.69, 9.17) is 9.47 Å². The van der Waals surface area contributed by atoms with Gasteiger partial charge in [-0.15, -0.1) is 0 Å². The number of amides is 1. The molecule has 0 saturated carbocycles. The molecule has 0 atom stereocenters. The van der Waals surface area contributed by atoms with E-state index >= 15 is 0 Å². The van der Waals surface area contributed by atoms with Crippen LogP contribution in [0.3, 0.4) is 0 Å². The van der Waals surface area contributed by atoms with Gasteiger partial charge in [0.1, 0.15) is 11.5 Å². The van der Waals surface area contributed by atoms with Gasteiger partial charge in [0, 0.05) is 29.7 Å². The van der Waals surface area contributed by atoms with Gasteiger partial charge in [0.2, 0.25) is 5.91 Å². The lowest BCUT2D eigenvalue weighted by Gasteiger charge is -2.11. The summed E-state index contributed by atoms with van der Waals surface area (Å²) in [6.07, 6.45) is 3.87. The summed E-state index contributed by atoms with van der Waals surface area (Å²) in [5, 5.41) is 7.13. The first kappa shape index (κ1) is 17.5. The fourth-order valence-electron chi connectivity index (χ4n) is 2.70. The largest absolute Gasteiger partial charge is 0.497 e. The number of benzene rings is 2. The van der Waals surface area contributed by atoms with Crippen molar-refractivity contribution >= 4 is 11.6 Å². The quantitative estimate of drug-likeness (QED) is 0.710. The Hall–Kier alpha value is -3.28. The molecule has 0 fully saturated rings. The Morgan fingerprint density at radius 2 is 2.00 bits per heavy atom. The van der Waals surface area contributed by atoms with Gasteiger partial charge >= 0.3 is 0 Å². The number of anilines is 1. The Balaban J connectivity index is 1.67. The lowest BCUT2D eigenvalue weighted by Crippen LogP contribution is -2.15. The molecule has 2 aromatic carbocycles. The number of aromatic nitrogens is 2. The molecule has 3 aromatic rings. The van der Waals surface area contributed by atoms with Gasteiger partial charge in [-0.05, 0) is 29.8 Å². The molecule has 0 bridgehead atoms. The molecular weight excluding hydrogens is 330 g/mol. The van der Waals surface area contributed by atoms with Crippen molar-refractivity contribution < 1.29 is 14.3 Å². The highest BCUT2D eigenvalue weighted by Gasteiger charge is 2.10. The number of nitrogens with zero attached hydrogens (tertiary/aromatic N) is 2. The molecule has 26 heavy (non-hydrogen) atoms. The summed E-state index contributed by atoms with van der Waals surface area (Å²) in [5.74, 6) is 1.22. The molecule has 1 N–H and O–H groups in total. The third kappa shape index (κ3) is 4.42. The number of nitrogens with one attached hydrogen (secondary N) is 1. The van der Waals surface area contributed by atoms with Gasteiger partial charge in [-0.1, -0.05) is 18.2 Å². The smallest absolute Gasteiger partial charge is 0.228 e. The minimum absolute atomic E-state index is 0.107. The second-order valence-electron chi connectivity index (χ2n) is 5.81. The molecule has 6 heteroatoms. The standard InChI is InChI=1S/C20H21N3O3/c1-25-18-8-7-16(19(13-18)26-2)12-20(24)22-17-6-3-5-15(11-17)14-23-10-4-9-21-23/h3-11,13H,12,14H2,1-2H3,(H,22,24). The Morgan fingerprint density at radius 1 is 1.12 bits per heavy atom. The summed E-state index contributed by atoms with van der Waals surface area (Å²) in [7, 11) is 3.17. The van der Waals surface area contributed by atoms with E-state index in [0.717, 1.165) is 16.8 Å². The third-order valence-electron chi connectivity index (χ3n) is 3.96. The molecule has 1 heterocycles. The Bertz CT molecular complexity index is 876. The van der Waals surface area contributed by atoms with Gasteiger partial charge in [-0.3, -0.25) is 9.48 Å². The van der Waals surface area contributed by atoms with Crippen LogP contribution in [0, 0.1) is 0 Å². The number of carbonyl (C=O) groups is 1. The fourth-order valence-corrected chi connectivity index (χ4v) is 2.70. The lowest BCUT2D eigenvalue weighted by atomic mass is 10.1. The summed E-state index contributed by atoms with van der Waals surface area (Å²) < 4.78 is 12.4. The number of carbonyl (C=O) groups excluding carboxylic acids is 1. The van der Waals surface area contributed by atoms with Crippen molar-refractivity contribution in [2.24, 2.45) is 0 Å². The molecule has 1 aromatic heterocycles. The van der Waals surface area contributed by atoms with Gasteiger partial charge in [0.15, 0.2) is 0 Å². The molecule has 0 aliphatic heterocycles. The van der Waals surface area contributed by atoms with E-state index in [9.17, 15) is 4.79 Å². The van der Waals surface area contributed by atoms with Crippen LogP contribution in [0.4, 0.5) is 5.69 Å². The Labute approximate surface area is 152 Å². The van der Waals surface area contributed by atoms with Crippen LogP contribution in [0.5, 0.6) is 11.5 Å². The zero-order valence-corrected chi connectivity index (χ0v) is 14.8. The highest BCUT2D eigenvalue weighted by atomic mass is 16.5. The molecule has 3 rings (SSSR count). The van der Waals surface area contributed by atoms with E-state index in [-0.39, 0.29) is 12.3 Å². The van der Waals surface area contributed by atoms with Gasteiger partial charge < -0.3 is 14.8 Å². The minimum atomic E-state index is -0.107. The van der Waals surface area contributed by atoms with Crippen LogP contribution in [0.2, 0.25) is 0 Å². The maximum Gasteiger partial charge on any atom is 0.228 e. The SMILES string of the molecule is COc1ccc(CC(=O)Nc2cccc(Cn3cccn3)c2)c(OC)c1. The first-order chi connectivity index (χ1) is 12.7. The molecule has 0 radical (unpaired) electrons. The van der Waals surface area contributed by atoms with Gasteiger partial charge in [-0.25, -0.2) is 0 Å². The van der Waals surface area contributed by atoms with Crippen LogP contribution in [0.15, 0.2) is 60.9 Å². The van der Waals surface area contributed by atoms with Crippen molar-refractivity contribution in [3.05, 3.63) is 72.1 Å². The molecule has 6 nitrogen and oxygen atoms in total. The van der Waals surface area contributed by atoms with Crippen LogP contribution in [0.1, 0.15) is 11.1 Å². The summed E-state index contributed by atoms with van der Waals surface area (Å²) in [6, 6.07) is 15.1. The van der Waals surface area contributed by atoms with Crippen LogP contribution in [-0.4, -0.2) is 29.9 Å².